The third kappa shape index (κ3) is 4.01. The van der Waals surface area contributed by atoms with E-state index in [-0.39, 0.29) is 11.9 Å². The molecule has 0 saturated heterocycles. The van der Waals surface area contributed by atoms with E-state index in [1.165, 1.54) is 12.5 Å². The molecule has 2 N–H and O–H groups in total. The molecule has 1 fully saturated rings. The van der Waals surface area contributed by atoms with Crippen molar-refractivity contribution in [2.45, 2.75) is 50.7 Å². The van der Waals surface area contributed by atoms with Crippen LogP contribution in [0.2, 0.25) is 0 Å². The van der Waals surface area contributed by atoms with Crippen LogP contribution in [0.1, 0.15) is 50.6 Å². The maximum absolute atomic E-state index is 13.2. The van der Waals surface area contributed by atoms with E-state index in [2.05, 4.69) is 21.2 Å². The smallest absolute Gasteiger partial charge is 0.137 e. The van der Waals surface area contributed by atoms with Gasteiger partial charge in [0.1, 0.15) is 5.82 Å². The Labute approximate surface area is 122 Å². The standard InChI is InChI=1S/C15H21BrFNO/c1-11(12-5-6-14(17)13(16)9-12)18-10-15(19)7-3-2-4-8-15/h5-6,9,11,18-19H,2-4,7-8,10H2,1H3. The van der Waals surface area contributed by atoms with Gasteiger partial charge >= 0.3 is 0 Å². The van der Waals surface area contributed by atoms with E-state index in [0.29, 0.717) is 11.0 Å². The van der Waals surface area contributed by atoms with Gasteiger partial charge < -0.3 is 10.4 Å². The van der Waals surface area contributed by atoms with Gasteiger partial charge in [0.2, 0.25) is 0 Å². The highest BCUT2D eigenvalue weighted by Crippen LogP contribution is 2.28. The zero-order chi connectivity index (χ0) is 13.9. The van der Waals surface area contributed by atoms with Gasteiger partial charge in [-0.2, -0.15) is 0 Å². The molecule has 0 bridgehead atoms. The molecule has 1 aromatic rings. The first kappa shape index (κ1) is 14.9. The maximum atomic E-state index is 13.2. The minimum Gasteiger partial charge on any atom is -0.389 e. The van der Waals surface area contributed by atoms with Crippen molar-refractivity contribution < 1.29 is 9.50 Å². The molecule has 0 heterocycles. The summed E-state index contributed by atoms with van der Waals surface area (Å²) in [5.41, 5.74) is 0.455. The van der Waals surface area contributed by atoms with Crippen molar-refractivity contribution in [1.29, 1.82) is 0 Å². The summed E-state index contributed by atoms with van der Waals surface area (Å²) < 4.78 is 13.7. The molecule has 2 nitrogen and oxygen atoms in total. The predicted octanol–water partition coefficient (Wildman–Crippen LogP) is 3.93. The molecule has 1 aliphatic carbocycles. The molecule has 0 aromatic heterocycles. The van der Waals surface area contributed by atoms with E-state index in [1.807, 2.05) is 6.92 Å². The van der Waals surface area contributed by atoms with Gasteiger partial charge in [-0.1, -0.05) is 25.3 Å². The lowest BCUT2D eigenvalue weighted by molar-refractivity contribution is 0.00300. The van der Waals surface area contributed by atoms with Gasteiger partial charge in [0.05, 0.1) is 10.1 Å². The summed E-state index contributed by atoms with van der Waals surface area (Å²) in [5.74, 6) is -0.248. The van der Waals surface area contributed by atoms with Crippen LogP contribution in [0.25, 0.3) is 0 Å². The number of hydrogen-bond donors (Lipinski definition) is 2. The highest BCUT2D eigenvalue weighted by atomic mass is 79.9. The van der Waals surface area contributed by atoms with Crippen molar-refractivity contribution >= 4 is 15.9 Å². The zero-order valence-corrected chi connectivity index (χ0v) is 12.8. The molecule has 1 atom stereocenters. The van der Waals surface area contributed by atoms with Gasteiger partial charge in [0.15, 0.2) is 0 Å². The average molecular weight is 330 g/mol. The largest absolute Gasteiger partial charge is 0.389 e. The van der Waals surface area contributed by atoms with Crippen molar-refractivity contribution in [3.05, 3.63) is 34.1 Å². The van der Waals surface area contributed by atoms with Crippen LogP contribution in [0.3, 0.4) is 0 Å². The van der Waals surface area contributed by atoms with Crippen LogP contribution in [-0.2, 0) is 0 Å². The molecule has 1 unspecified atom stereocenters. The first-order valence-electron chi connectivity index (χ1n) is 6.91. The fourth-order valence-corrected chi connectivity index (χ4v) is 3.03. The summed E-state index contributed by atoms with van der Waals surface area (Å²) in [4.78, 5) is 0. The number of benzene rings is 1. The van der Waals surface area contributed by atoms with Crippen molar-refractivity contribution in [2.24, 2.45) is 0 Å². The lowest BCUT2D eigenvalue weighted by Crippen LogP contribution is -2.42. The molecule has 2 rings (SSSR count). The first-order valence-corrected chi connectivity index (χ1v) is 7.70. The van der Waals surface area contributed by atoms with E-state index >= 15 is 0 Å². The van der Waals surface area contributed by atoms with Gasteiger partial charge in [-0.25, -0.2) is 4.39 Å². The van der Waals surface area contributed by atoms with E-state index in [0.717, 1.165) is 31.2 Å². The summed E-state index contributed by atoms with van der Waals surface area (Å²) in [6.45, 7) is 2.63. The SMILES string of the molecule is CC(NCC1(O)CCCCC1)c1ccc(F)c(Br)c1. The Morgan fingerprint density at radius 1 is 1.37 bits per heavy atom. The molecule has 1 aromatic carbocycles. The van der Waals surface area contributed by atoms with E-state index in [1.54, 1.807) is 12.1 Å². The minimum atomic E-state index is -0.566. The Bertz CT molecular complexity index is 432. The summed E-state index contributed by atoms with van der Waals surface area (Å²) in [5, 5.41) is 13.8. The van der Waals surface area contributed by atoms with Gasteiger partial charge in [0, 0.05) is 12.6 Å². The predicted molar refractivity (Wildman–Crippen MR) is 78.6 cm³/mol. The third-order valence-corrected chi connectivity index (χ3v) is 4.57. The quantitative estimate of drug-likeness (QED) is 0.877. The van der Waals surface area contributed by atoms with Crippen molar-refractivity contribution in [2.75, 3.05) is 6.54 Å². The molecule has 19 heavy (non-hydrogen) atoms. The minimum absolute atomic E-state index is 0.0999. The van der Waals surface area contributed by atoms with E-state index < -0.39 is 5.60 Å². The van der Waals surface area contributed by atoms with Crippen LogP contribution in [0.5, 0.6) is 0 Å². The number of halogens is 2. The Balaban J connectivity index is 1.93. The number of hydrogen-bond acceptors (Lipinski definition) is 2. The molecule has 4 heteroatoms. The molecule has 0 aliphatic heterocycles. The summed E-state index contributed by atoms with van der Waals surface area (Å²) >= 11 is 3.20. The van der Waals surface area contributed by atoms with Crippen LogP contribution in [0.4, 0.5) is 4.39 Å². The Morgan fingerprint density at radius 2 is 2.05 bits per heavy atom. The average Bonchev–Trinajstić information content (AvgIpc) is 2.40. The highest BCUT2D eigenvalue weighted by Gasteiger charge is 2.29. The molecule has 0 spiro atoms. The fraction of sp³-hybridized carbons (Fsp3) is 0.600. The zero-order valence-electron chi connectivity index (χ0n) is 11.3. The highest BCUT2D eigenvalue weighted by molar-refractivity contribution is 9.10. The first-order chi connectivity index (χ1) is 9.00. The topological polar surface area (TPSA) is 32.3 Å². The monoisotopic (exact) mass is 329 g/mol. The van der Waals surface area contributed by atoms with E-state index in [9.17, 15) is 9.50 Å². The summed E-state index contributed by atoms with van der Waals surface area (Å²) in [7, 11) is 0. The number of aliphatic hydroxyl groups is 1. The normalized spacial score (nSPS) is 20.2. The van der Waals surface area contributed by atoms with Gasteiger partial charge in [-0.05, 0) is 53.4 Å². The molecular weight excluding hydrogens is 309 g/mol. The van der Waals surface area contributed by atoms with Gasteiger partial charge in [-0.3, -0.25) is 0 Å². The number of nitrogens with one attached hydrogen (secondary N) is 1. The van der Waals surface area contributed by atoms with Crippen LogP contribution < -0.4 is 5.32 Å². The lowest BCUT2D eigenvalue weighted by atomic mass is 9.84. The van der Waals surface area contributed by atoms with Crippen LogP contribution in [-0.4, -0.2) is 17.3 Å². The number of rotatable bonds is 4. The van der Waals surface area contributed by atoms with Gasteiger partial charge in [0.25, 0.3) is 0 Å². The lowest BCUT2D eigenvalue weighted by Gasteiger charge is -2.33. The molecular formula is C15H21BrFNO. The van der Waals surface area contributed by atoms with Crippen LogP contribution >= 0.6 is 15.9 Å². The van der Waals surface area contributed by atoms with Crippen molar-refractivity contribution in [1.82, 2.24) is 5.32 Å². The van der Waals surface area contributed by atoms with Gasteiger partial charge in [-0.15, -0.1) is 0 Å². The summed E-state index contributed by atoms with van der Waals surface area (Å²) in [6, 6.07) is 5.14. The second kappa shape index (κ2) is 6.33. The van der Waals surface area contributed by atoms with Crippen molar-refractivity contribution in [3.8, 4) is 0 Å². The third-order valence-electron chi connectivity index (χ3n) is 3.97. The fourth-order valence-electron chi connectivity index (χ4n) is 2.63. The summed E-state index contributed by atoms with van der Waals surface area (Å²) in [6.07, 6.45) is 5.19. The second-order valence-corrected chi connectivity index (χ2v) is 6.42. The Hall–Kier alpha value is -0.450. The molecule has 0 amide bonds. The molecule has 0 radical (unpaired) electrons. The van der Waals surface area contributed by atoms with Crippen LogP contribution in [0, 0.1) is 5.82 Å². The maximum Gasteiger partial charge on any atom is 0.137 e. The van der Waals surface area contributed by atoms with E-state index in [4.69, 9.17) is 0 Å². The van der Waals surface area contributed by atoms with Crippen molar-refractivity contribution in [3.63, 3.8) is 0 Å². The molecule has 106 valence electrons. The Kier molecular flexibility index (Phi) is 4.98. The van der Waals surface area contributed by atoms with Crippen LogP contribution in [0.15, 0.2) is 22.7 Å². The second-order valence-electron chi connectivity index (χ2n) is 5.56. The Morgan fingerprint density at radius 3 is 2.68 bits per heavy atom. The molecule has 1 aliphatic rings. The molecule has 1 saturated carbocycles.